The van der Waals surface area contributed by atoms with E-state index in [4.69, 9.17) is 15.3 Å². The first-order valence-corrected chi connectivity index (χ1v) is 12.6. The first-order valence-electron chi connectivity index (χ1n) is 9.74. The number of β-lactam (4-membered cyclic amide) rings is 1. The minimum absolute atomic E-state index is 0.0346. The van der Waals surface area contributed by atoms with Gasteiger partial charge in [-0.2, -0.15) is 4.98 Å². The summed E-state index contributed by atoms with van der Waals surface area (Å²) in [7, 11) is 2.60. The maximum atomic E-state index is 13.0. The standard InChI is InChI=1S/C18H18N8O6S3/c1-31-9-3-8(19)21-13(22-9)10(25-32-2)14(27)23-11-15(28)26-12(17(29)30)7(4-33-16(11)26)5-34-18-24-20-6-35-18/h3,6,11,16H,4-5H2,1-2H3,(H,23,27)(H,29,30)(H2,19,21,22)/t11?,16-/m0/s1. The quantitative estimate of drug-likeness (QED) is 0.164. The van der Waals surface area contributed by atoms with Crippen LogP contribution in [0.25, 0.3) is 0 Å². The number of carboxylic acid groups (broad SMARTS) is 1. The van der Waals surface area contributed by atoms with Crippen molar-refractivity contribution in [2.24, 2.45) is 5.16 Å². The SMILES string of the molecule is CON=C(C(=O)NC1C(=O)N2C(C(=O)O)=C(CSc3nncs3)CS[C@@H]12)c1nc(N)cc(OC)n1. The van der Waals surface area contributed by atoms with E-state index in [1.54, 1.807) is 5.51 Å². The Kier molecular flexibility index (Phi) is 7.37. The molecule has 14 nitrogen and oxygen atoms in total. The number of aromatic nitrogens is 4. The number of methoxy groups -OCH3 is 1. The molecule has 0 aliphatic carbocycles. The second kappa shape index (κ2) is 10.4. The molecule has 184 valence electrons. The van der Waals surface area contributed by atoms with E-state index in [0.717, 1.165) is 0 Å². The molecule has 0 spiro atoms. The predicted octanol–water partition coefficient (Wildman–Crippen LogP) is -0.200. The zero-order chi connectivity index (χ0) is 25.1. The van der Waals surface area contributed by atoms with Gasteiger partial charge in [-0.25, -0.2) is 9.78 Å². The number of aliphatic carboxylic acids is 1. The average molecular weight is 539 g/mol. The summed E-state index contributed by atoms with van der Waals surface area (Å²) in [4.78, 5) is 51.9. The lowest BCUT2D eigenvalue weighted by Crippen LogP contribution is -2.71. The molecule has 2 atom stereocenters. The van der Waals surface area contributed by atoms with Gasteiger partial charge in [-0.3, -0.25) is 14.5 Å². The van der Waals surface area contributed by atoms with Crippen molar-refractivity contribution in [3.8, 4) is 5.88 Å². The summed E-state index contributed by atoms with van der Waals surface area (Å²) in [5.41, 5.74) is 7.49. The fraction of sp³-hybridized carbons (Fsp3) is 0.333. The second-order valence-corrected chi connectivity index (χ2v) is 10.1. The van der Waals surface area contributed by atoms with Crippen LogP contribution in [-0.4, -0.2) is 90.8 Å². The summed E-state index contributed by atoms with van der Waals surface area (Å²) in [5.74, 6) is -1.89. The Morgan fingerprint density at radius 2 is 2.20 bits per heavy atom. The summed E-state index contributed by atoms with van der Waals surface area (Å²) < 4.78 is 5.73. The van der Waals surface area contributed by atoms with Gasteiger partial charge in [0.2, 0.25) is 11.6 Å². The van der Waals surface area contributed by atoms with Crippen molar-refractivity contribution in [3.05, 3.63) is 28.7 Å². The summed E-state index contributed by atoms with van der Waals surface area (Å²) >= 11 is 4.03. The van der Waals surface area contributed by atoms with E-state index >= 15 is 0 Å². The van der Waals surface area contributed by atoms with E-state index in [-0.39, 0.29) is 28.9 Å². The number of rotatable bonds is 9. The van der Waals surface area contributed by atoms with Gasteiger partial charge in [-0.15, -0.1) is 22.0 Å². The Balaban J connectivity index is 1.51. The fourth-order valence-electron chi connectivity index (χ4n) is 3.31. The van der Waals surface area contributed by atoms with Crippen molar-refractivity contribution in [1.82, 2.24) is 30.4 Å². The molecule has 2 aromatic heterocycles. The molecule has 4 rings (SSSR count). The van der Waals surface area contributed by atoms with E-state index in [1.807, 2.05) is 0 Å². The summed E-state index contributed by atoms with van der Waals surface area (Å²) in [5, 5.41) is 23.1. The summed E-state index contributed by atoms with van der Waals surface area (Å²) in [6, 6.07) is 0.377. The first-order chi connectivity index (χ1) is 16.8. The topological polar surface area (TPSA) is 195 Å². The number of nitrogen functional groups attached to an aromatic ring is 1. The van der Waals surface area contributed by atoms with E-state index in [9.17, 15) is 19.5 Å². The zero-order valence-electron chi connectivity index (χ0n) is 18.2. The number of oxime groups is 1. The molecular formula is C18H18N8O6S3. The minimum Gasteiger partial charge on any atom is -0.481 e. The second-order valence-electron chi connectivity index (χ2n) is 6.89. The smallest absolute Gasteiger partial charge is 0.352 e. The third kappa shape index (κ3) is 5.01. The number of nitrogens with one attached hydrogen (secondary N) is 1. The number of hydrogen-bond donors (Lipinski definition) is 3. The van der Waals surface area contributed by atoms with Crippen LogP contribution in [0.1, 0.15) is 5.82 Å². The van der Waals surface area contributed by atoms with E-state index in [0.29, 0.717) is 21.4 Å². The maximum absolute atomic E-state index is 13.0. The van der Waals surface area contributed by atoms with Crippen LogP contribution in [0.15, 0.2) is 32.3 Å². The van der Waals surface area contributed by atoms with Gasteiger partial charge in [0.15, 0.2) is 10.2 Å². The highest BCUT2D eigenvalue weighted by Crippen LogP contribution is 2.41. The van der Waals surface area contributed by atoms with Gasteiger partial charge in [-0.05, 0) is 5.57 Å². The van der Waals surface area contributed by atoms with Crippen LogP contribution in [0.3, 0.4) is 0 Å². The lowest BCUT2D eigenvalue weighted by molar-refractivity contribution is -0.150. The molecule has 2 amide bonds. The van der Waals surface area contributed by atoms with Gasteiger partial charge in [0.1, 0.15) is 35.6 Å². The molecule has 0 aromatic carbocycles. The van der Waals surface area contributed by atoms with Crippen LogP contribution in [0, 0.1) is 0 Å². The van der Waals surface area contributed by atoms with Gasteiger partial charge in [-0.1, -0.05) is 28.3 Å². The maximum Gasteiger partial charge on any atom is 0.352 e. The molecule has 0 radical (unpaired) electrons. The molecule has 2 aromatic rings. The fourth-order valence-corrected chi connectivity index (χ4v) is 6.28. The number of carboxylic acids is 1. The van der Waals surface area contributed by atoms with Gasteiger partial charge >= 0.3 is 5.97 Å². The molecular weight excluding hydrogens is 520 g/mol. The third-order valence-corrected chi connectivity index (χ3v) is 8.07. The van der Waals surface area contributed by atoms with Crippen LogP contribution in [-0.2, 0) is 19.2 Å². The van der Waals surface area contributed by atoms with Crippen LogP contribution in [0.4, 0.5) is 5.82 Å². The van der Waals surface area contributed by atoms with Gasteiger partial charge in [0.05, 0.1) is 7.11 Å². The van der Waals surface area contributed by atoms with E-state index < -0.39 is 29.2 Å². The Morgan fingerprint density at radius 3 is 2.86 bits per heavy atom. The number of amides is 2. The molecule has 17 heteroatoms. The largest absolute Gasteiger partial charge is 0.481 e. The summed E-state index contributed by atoms with van der Waals surface area (Å²) in [6.45, 7) is 0. The Morgan fingerprint density at radius 1 is 1.40 bits per heavy atom. The highest BCUT2D eigenvalue weighted by atomic mass is 32.2. The number of fused-ring (bicyclic) bond motifs is 1. The normalized spacial score (nSPS) is 19.7. The molecule has 4 heterocycles. The zero-order valence-corrected chi connectivity index (χ0v) is 20.6. The number of nitrogens with zero attached hydrogens (tertiary/aromatic N) is 6. The third-order valence-electron chi connectivity index (χ3n) is 4.79. The first kappa shape index (κ1) is 24.7. The number of ether oxygens (including phenoxy) is 1. The number of nitrogens with two attached hydrogens (primary N) is 1. The monoisotopic (exact) mass is 538 g/mol. The highest BCUT2D eigenvalue weighted by Gasteiger charge is 2.54. The molecule has 1 fully saturated rings. The van der Waals surface area contributed by atoms with Gasteiger partial charge < -0.3 is 25.7 Å². The number of carbonyl (C=O) groups excluding carboxylic acids is 2. The molecule has 1 saturated heterocycles. The lowest BCUT2D eigenvalue weighted by Gasteiger charge is -2.49. The van der Waals surface area contributed by atoms with Crippen molar-refractivity contribution >= 4 is 64.2 Å². The van der Waals surface area contributed by atoms with Crippen LogP contribution in [0.5, 0.6) is 5.88 Å². The van der Waals surface area contributed by atoms with Gasteiger partial charge in [0.25, 0.3) is 11.8 Å². The molecule has 1 unspecified atom stereocenters. The highest BCUT2D eigenvalue weighted by molar-refractivity contribution is 8.01. The molecule has 35 heavy (non-hydrogen) atoms. The van der Waals surface area contributed by atoms with Crippen molar-refractivity contribution in [3.63, 3.8) is 0 Å². The Bertz CT molecular complexity index is 1220. The van der Waals surface area contributed by atoms with Gasteiger partial charge in [0, 0.05) is 17.6 Å². The molecule has 0 saturated carbocycles. The number of thioether (sulfide) groups is 2. The van der Waals surface area contributed by atoms with Crippen molar-refractivity contribution in [2.75, 3.05) is 31.5 Å². The summed E-state index contributed by atoms with van der Waals surface area (Å²) in [6.07, 6.45) is 0. The predicted molar refractivity (Wildman–Crippen MR) is 127 cm³/mol. The van der Waals surface area contributed by atoms with Crippen molar-refractivity contribution in [2.45, 2.75) is 15.8 Å². The van der Waals surface area contributed by atoms with Crippen LogP contribution < -0.4 is 15.8 Å². The van der Waals surface area contributed by atoms with Crippen molar-refractivity contribution in [1.29, 1.82) is 0 Å². The molecule has 0 bridgehead atoms. The number of hydrogen-bond acceptors (Lipinski definition) is 14. The lowest BCUT2D eigenvalue weighted by atomic mass is 10.0. The minimum atomic E-state index is -1.22. The van der Waals surface area contributed by atoms with Crippen LogP contribution >= 0.6 is 34.9 Å². The molecule has 2 aliphatic heterocycles. The van der Waals surface area contributed by atoms with E-state index in [1.165, 1.54) is 60.0 Å². The average Bonchev–Trinajstić information content (AvgIpc) is 3.36. The Hall–Kier alpha value is -3.44. The Labute approximate surface area is 210 Å². The number of carbonyl (C=O) groups is 3. The van der Waals surface area contributed by atoms with Crippen LogP contribution in [0.2, 0.25) is 0 Å². The molecule has 2 aliphatic rings. The number of anilines is 1. The van der Waals surface area contributed by atoms with E-state index in [2.05, 4.69) is 30.6 Å². The molecule has 4 N–H and O–H groups in total. The van der Waals surface area contributed by atoms with Crippen molar-refractivity contribution < 1.29 is 29.1 Å².